The van der Waals surface area contributed by atoms with E-state index in [9.17, 15) is 8.60 Å². The lowest BCUT2D eigenvalue weighted by molar-refractivity contribution is 0.217. The molecule has 22 heavy (non-hydrogen) atoms. The molecule has 2 aromatic rings. The first-order chi connectivity index (χ1) is 10.5. The van der Waals surface area contributed by atoms with Crippen LogP contribution in [0.4, 0.5) is 15.8 Å². The van der Waals surface area contributed by atoms with E-state index in [4.69, 9.17) is 17.0 Å². The molecule has 0 saturated heterocycles. The molecular formula is C14H13FN2O2S3. The van der Waals surface area contributed by atoms with Crippen LogP contribution in [0.25, 0.3) is 0 Å². The highest BCUT2D eigenvalue weighted by molar-refractivity contribution is 7.86. The summed E-state index contributed by atoms with van der Waals surface area (Å²) in [4.78, 5) is 0.621. The van der Waals surface area contributed by atoms with Crippen LogP contribution >= 0.6 is 23.6 Å². The molecule has 0 bridgehead atoms. The molecule has 0 saturated carbocycles. The third-order valence-electron chi connectivity index (χ3n) is 3.16. The Labute approximate surface area is 139 Å². The van der Waals surface area contributed by atoms with E-state index >= 15 is 0 Å². The number of benzene rings is 1. The zero-order chi connectivity index (χ0) is 15.7. The van der Waals surface area contributed by atoms with Crippen molar-refractivity contribution in [2.75, 3.05) is 10.0 Å². The second-order valence-corrected chi connectivity index (χ2v) is 7.23. The Morgan fingerprint density at radius 3 is 3.09 bits per heavy atom. The Bertz CT molecular complexity index is 734. The number of rotatable bonds is 3. The lowest BCUT2D eigenvalue weighted by Crippen LogP contribution is -2.16. The van der Waals surface area contributed by atoms with Crippen molar-refractivity contribution in [1.82, 2.24) is 0 Å². The van der Waals surface area contributed by atoms with Crippen LogP contribution in [0.5, 0.6) is 0 Å². The summed E-state index contributed by atoms with van der Waals surface area (Å²) in [5, 5.41) is 6.69. The molecule has 8 heteroatoms. The van der Waals surface area contributed by atoms with Gasteiger partial charge >= 0.3 is 0 Å². The predicted molar refractivity (Wildman–Crippen MR) is 91.2 cm³/mol. The van der Waals surface area contributed by atoms with E-state index in [1.807, 2.05) is 12.3 Å². The largest absolute Gasteiger partial charge is 0.467 e. The van der Waals surface area contributed by atoms with Crippen LogP contribution in [-0.4, -0.2) is 15.5 Å². The topological polar surface area (TPSA) is 50.4 Å². The van der Waals surface area contributed by atoms with Gasteiger partial charge in [0.2, 0.25) is 0 Å². The Hall–Kier alpha value is -1.51. The average molecular weight is 356 g/mol. The first-order valence-corrected chi connectivity index (χ1v) is 9.03. The summed E-state index contributed by atoms with van der Waals surface area (Å²) in [5.74, 6) is -0.493. The highest BCUT2D eigenvalue weighted by Crippen LogP contribution is 2.29. The standard InChI is InChI=1S/C14H13FN2O2S3/c1-8-4-9-5-13(17-22(18)10-2-3-21-7-10)11(15)6-12(9)16-14(20)19-8/h2-3,5-8,17H,4H2,1H3,(H,16,20). The van der Waals surface area contributed by atoms with Crippen LogP contribution in [0.3, 0.4) is 0 Å². The van der Waals surface area contributed by atoms with E-state index in [0.717, 1.165) is 5.56 Å². The number of thiophene rings is 1. The van der Waals surface area contributed by atoms with Crippen molar-refractivity contribution in [2.45, 2.75) is 24.3 Å². The lowest BCUT2D eigenvalue weighted by atomic mass is 10.1. The van der Waals surface area contributed by atoms with Gasteiger partial charge in [-0.15, -0.1) is 0 Å². The van der Waals surface area contributed by atoms with E-state index in [1.54, 1.807) is 17.5 Å². The zero-order valence-corrected chi connectivity index (χ0v) is 14.0. The molecule has 0 aliphatic carbocycles. The number of hydrogen-bond acceptors (Lipinski definition) is 4. The summed E-state index contributed by atoms with van der Waals surface area (Å²) in [6.45, 7) is 1.89. The fourth-order valence-corrected chi connectivity index (χ4v) is 4.23. The van der Waals surface area contributed by atoms with Gasteiger partial charge in [0.1, 0.15) is 11.9 Å². The number of anilines is 2. The van der Waals surface area contributed by atoms with Gasteiger partial charge in [-0.1, -0.05) is 0 Å². The molecular weight excluding hydrogens is 343 g/mol. The van der Waals surface area contributed by atoms with Gasteiger partial charge in [0.05, 0.1) is 10.6 Å². The fourth-order valence-electron chi connectivity index (χ4n) is 2.17. The lowest BCUT2D eigenvalue weighted by Gasteiger charge is -2.12. The molecule has 1 aromatic carbocycles. The molecule has 4 nitrogen and oxygen atoms in total. The molecule has 1 aliphatic rings. The minimum absolute atomic E-state index is 0.109. The molecule has 1 aromatic heterocycles. The normalized spacial score (nSPS) is 18.6. The van der Waals surface area contributed by atoms with Crippen LogP contribution in [0.15, 0.2) is 33.9 Å². The van der Waals surface area contributed by atoms with Gasteiger partial charge in [-0.2, -0.15) is 11.3 Å². The number of ether oxygens (including phenoxy) is 1. The van der Waals surface area contributed by atoms with E-state index in [2.05, 4.69) is 10.0 Å². The highest BCUT2D eigenvalue weighted by atomic mass is 32.2. The van der Waals surface area contributed by atoms with Crippen LogP contribution in [0, 0.1) is 5.82 Å². The van der Waals surface area contributed by atoms with Crippen LogP contribution in [0.1, 0.15) is 12.5 Å². The monoisotopic (exact) mass is 356 g/mol. The molecule has 0 amide bonds. The van der Waals surface area contributed by atoms with Crippen LogP contribution < -0.4 is 10.0 Å². The Morgan fingerprint density at radius 1 is 1.55 bits per heavy atom. The van der Waals surface area contributed by atoms with Gasteiger partial charge in [-0.05, 0) is 48.3 Å². The van der Waals surface area contributed by atoms with Crippen molar-refractivity contribution < 1.29 is 13.3 Å². The first-order valence-electron chi connectivity index (χ1n) is 6.53. The maximum atomic E-state index is 14.2. The van der Waals surface area contributed by atoms with E-state index < -0.39 is 16.8 Å². The van der Waals surface area contributed by atoms with Crippen molar-refractivity contribution in [3.63, 3.8) is 0 Å². The zero-order valence-electron chi connectivity index (χ0n) is 11.6. The van der Waals surface area contributed by atoms with Gasteiger partial charge < -0.3 is 10.1 Å². The number of thiocarbonyl (C=S) groups is 1. The van der Waals surface area contributed by atoms with Gasteiger partial charge in [-0.25, -0.2) is 8.60 Å². The van der Waals surface area contributed by atoms with E-state index in [0.29, 0.717) is 17.0 Å². The third kappa shape index (κ3) is 3.29. The molecule has 1 aliphatic heterocycles. The van der Waals surface area contributed by atoms with Crippen molar-refractivity contribution in [3.05, 3.63) is 40.3 Å². The molecule has 2 heterocycles. The molecule has 0 radical (unpaired) electrons. The minimum Gasteiger partial charge on any atom is -0.467 e. The van der Waals surface area contributed by atoms with Crippen LogP contribution in [0.2, 0.25) is 0 Å². The van der Waals surface area contributed by atoms with Crippen LogP contribution in [-0.2, 0) is 22.1 Å². The molecule has 3 rings (SSSR count). The number of halogens is 1. The highest BCUT2D eigenvalue weighted by Gasteiger charge is 2.20. The molecule has 0 spiro atoms. The maximum Gasteiger partial charge on any atom is 0.261 e. The molecule has 2 atom stereocenters. The van der Waals surface area contributed by atoms with Crippen molar-refractivity contribution in [2.24, 2.45) is 0 Å². The SMILES string of the molecule is CC1Cc2cc(NS(=O)c3ccsc3)c(F)cc2NC(=S)O1. The van der Waals surface area contributed by atoms with Gasteiger partial charge in [0, 0.05) is 17.5 Å². The predicted octanol–water partition coefficient (Wildman–Crippen LogP) is 3.68. The van der Waals surface area contributed by atoms with Crippen molar-refractivity contribution in [1.29, 1.82) is 0 Å². The molecule has 2 unspecified atom stereocenters. The quantitative estimate of drug-likeness (QED) is 0.824. The van der Waals surface area contributed by atoms with Crippen molar-refractivity contribution in [3.8, 4) is 0 Å². The Morgan fingerprint density at radius 2 is 2.36 bits per heavy atom. The number of fused-ring (bicyclic) bond motifs is 1. The first kappa shape index (κ1) is 15.4. The second-order valence-electron chi connectivity index (χ2n) is 4.86. The van der Waals surface area contributed by atoms with Gasteiger partial charge in [0.25, 0.3) is 5.17 Å². The summed E-state index contributed by atoms with van der Waals surface area (Å²) in [6.07, 6.45) is 0.477. The second kappa shape index (κ2) is 6.31. The number of hydrogen-bond donors (Lipinski definition) is 2. The maximum absolute atomic E-state index is 14.2. The van der Waals surface area contributed by atoms with Gasteiger partial charge in [0.15, 0.2) is 11.0 Å². The third-order valence-corrected chi connectivity index (χ3v) is 5.28. The summed E-state index contributed by atoms with van der Waals surface area (Å²) in [7, 11) is -1.49. The van der Waals surface area contributed by atoms with E-state index in [-0.39, 0.29) is 17.0 Å². The average Bonchev–Trinajstić information content (AvgIpc) is 2.93. The summed E-state index contributed by atoms with van der Waals surface area (Å²) in [5.41, 5.74) is 1.64. The van der Waals surface area contributed by atoms with Crippen molar-refractivity contribution >= 4 is 51.1 Å². The molecule has 116 valence electrons. The molecule has 2 N–H and O–H groups in total. The molecule has 0 fully saturated rings. The fraction of sp³-hybridized carbons (Fsp3) is 0.214. The smallest absolute Gasteiger partial charge is 0.261 e. The Kier molecular flexibility index (Phi) is 4.42. The van der Waals surface area contributed by atoms with E-state index in [1.165, 1.54) is 17.4 Å². The minimum atomic E-state index is -1.49. The summed E-state index contributed by atoms with van der Waals surface area (Å²) < 4.78 is 34.5. The Balaban J connectivity index is 1.90. The summed E-state index contributed by atoms with van der Waals surface area (Å²) >= 11 is 6.47. The van der Waals surface area contributed by atoms with Gasteiger partial charge in [-0.3, -0.25) is 4.72 Å². The summed E-state index contributed by atoms with van der Waals surface area (Å²) in [6, 6.07) is 4.73. The number of nitrogens with one attached hydrogen (secondary N) is 2.